The van der Waals surface area contributed by atoms with Crippen LogP contribution in [0.5, 0.6) is 0 Å². The molecule has 0 fully saturated rings. The number of tetrazole rings is 1. The molecule has 0 amide bonds. The molecule has 0 N–H and O–H groups in total. The molecule has 4 heteroatoms. The van der Waals surface area contributed by atoms with Gasteiger partial charge in [-0.15, -0.1) is 5.10 Å². The van der Waals surface area contributed by atoms with Crippen molar-refractivity contribution in [1.29, 1.82) is 0 Å². The third kappa shape index (κ3) is 6.69. The number of hydrogen-bond donors (Lipinski definition) is 0. The number of unbranched alkanes of at least 4 members (excludes halogenated alkanes) is 4. The van der Waals surface area contributed by atoms with Gasteiger partial charge in [0.25, 0.3) is 0 Å². The number of rotatable bonds is 11. The molecule has 1 aromatic heterocycles. The Hall–Kier alpha value is -0.930. The summed E-state index contributed by atoms with van der Waals surface area (Å²) in [7, 11) is 1.91. The van der Waals surface area contributed by atoms with Gasteiger partial charge in [-0.3, -0.25) is 0 Å². The normalized spacial score (nSPS) is 12.8. The minimum atomic E-state index is 0.925. The van der Waals surface area contributed by atoms with E-state index >= 15 is 0 Å². The van der Waals surface area contributed by atoms with Gasteiger partial charge in [-0.1, -0.05) is 65.2 Å². The van der Waals surface area contributed by atoms with Gasteiger partial charge in [0.15, 0.2) is 5.82 Å². The van der Waals surface area contributed by atoms with Crippen LogP contribution < -0.4 is 0 Å². The Morgan fingerprint density at radius 3 is 2.32 bits per heavy atom. The van der Waals surface area contributed by atoms with E-state index in [-0.39, 0.29) is 0 Å². The van der Waals surface area contributed by atoms with E-state index in [9.17, 15) is 0 Å². The van der Waals surface area contributed by atoms with Crippen LogP contribution >= 0.6 is 0 Å². The first kappa shape index (κ1) is 16.1. The van der Waals surface area contributed by atoms with Crippen molar-refractivity contribution in [2.75, 3.05) is 0 Å². The summed E-state index contributed by atoms with van der Waals surface area (Å²) in [5.41, 5.74) is 0. The SMILES string of the molecule is CCCCCCC(CC)CCCCc1nnnn1C. The van der Waals surface area contributed by atoms with Crippen molar-refractivity contribution >= 4 is 0 Å². The zero-order valence-electron chi connectivity index (χ0n) is 12.9. The summed E-state index contributed by atoms with van der Waals surface area (Å²) in [6, 6.07) is 0. The molecular formula is C15H30N4. The largest absolute Gasteiger partial charge is 0.233 e. The van der Waals surface area contributed by atoms with Crippen LogP contribution in [0.15, 0.2) is 0 Å². The van der Waals surface area contributed by atoms with E-state index in [2.05, 4.69) is 29.4 Å². The summed E-state index contributed by atoms with van der Waals surface area (Å²) < 4.78 is 1.78. The van der Waals surface area contributed by atoms with E-state index in [1.54, 1.807) is 4.68 Å². The fourth-order valence-corrected chi connectivity index (χ4v) is 2.59. The zero-order chi connectivity index (χ0) is 13.9. The minimum Gasteiger partial charge on any atom is -0.233 e. The lowest BCUT2D eigenvalue weighted by atomic mass is 9.92. The first-order chi connectivity index (χ1) is 9.27. The molecule has 1 heterocycles. The van der Waals surface area contributed by atoms with Gasteiger partial charge in [0.1, 0.15) is 0 Å². The van der Waals surface area contributed by atoms with Crippen LogP contribution in [0.3, 0.4) is 0 Å². The summed E-state index contributed by atoms with van der Waals surface area (Å²) in [5, 5.41) is 11.6. The highest BCUT2D eigenvalue weighted by Crippen LogP contribution is 2.20. The molecule has 0 saturated carbocycles. The Labute approximate surface area is 118 Å². The standard InChI is InChI=1S/C15H30N4/c1-4-6-7-8-11-14(5-2)12-9-10-13-15-16-17-18-19(15)3/h14H,4-13H2,1-3H3. The lowest BCUT2D eigenvalue weighted by Gasteiger charge is -2.14. The molecule has 4 nitrogen and oxygen atoms in total. The predicted octanol–water partition coefficient (Wildman–Crippen LogP) is 3.92. The molecule has 0 spiro atoms. The average Bonchev–Trinajstić information content (AvgIpc) is 2.82. The van der Waals surface area contributed by atoms with Crippen LogP contribution in [-0.2, 0) is 13.5 Å². The quantitative estimate of drug-likeness (QED) is 0.570. The molecular weight excluding hydrogens is 236 g/mol. The minimum absolute atomic E-state index is 0.925. The van der Waals surface area contributed by atoms with E-state index in [1.807, 2.05) is 7.05 Å². The summed E-state index contributed by atoms with van der Waals surface area (Å²) >= 11 is 0. The molecule has 0 saturated heterocycles. The Morgan fingerprint density at radius 2 is 1.74 bits per heavy atom. The Balaban J connectivity index is 2.07. The van der Waals surface area contributed by atoms with E-state index in [0.717, 1.165) is 18.2 Å². The van der Waals surface area contributed by atoms with Gasteiger partial charge in [-0.25, -0.2) is 4.68 Å². The topological polar surface area (TPSA) is 43.6 Å². The number of nitrogens with zero attached hydrogens (tertiary/aromatic N) is 4. The lowest BCUT2D eigenvalue weighted by Crippen LogP contribution is -2.02. The smallest absolute Gasteiger partial charge is 0.150 e. The second-order valence-corrected chi connectivity index (χ2v) is 5.59. The number of hydrogen-bond acceptors (Lipinski definition) is 3. The second-order valence-electron chi connectivity index (χ2n) is 5.59. The van der Waals surface area contributed by atoms with Gasteiger partial charge in [-0.2, -0.15) is 0 Å². The fraction of sp³-hybridized carbons (Fsp3) is 0.933. The molecule has 0 aromatic carbocycles. The zero-order valence-corrected chi connectivity index (χ0v) is 12.9. The molecule has 1 atom stereocenters. The first-order valence-corrected chi connectivity index (χ1v) is 7.99. The molecule has 0 bridgehead atoms. The van der Waals surface area contributed by atoms with Crippen LogP contribution in [0.2, 0.25) is 0 Å². The average molecular weight is 266 g/mol. The van der Waals surface area contributed by atoms with Crippen LogP contribution in [0.1, 0.15) is 77.5 Å². The van der Waals surface area contributed by atoms with Gasteiger partial charge in [0, 0.05) is 13.5 Å². The van der Waals surface area contributed by atoms with Gasteiger partial charge >= 0.3 is 0 Å². The Morgan fingerprint density at radius 1 is 1.00 bits per heavy atom. The molecule has 1 aromatic rings. The fourth-order valence-electron chi connectivity index (χ4n) is 2.59. The summed E-state index contributed by atoms with van der Waals surface area (Å²) in [6.07, 6.45) is 13.2. The van der Waals surface area contributed by atoms with Crippen molar-refractivity contribution < 1.29 is 0 Å². The van der Waals surface area contributed by atoms with Crippen LogP contribution in [0, 0.1) is 5.92 Å². The van der Waals surface area contributed by atoms with Gasteiger partial charge < -0.3 is 0 Å². The molecule has 19 heavy (non-hydrogen) atoms. The van der Waals surface area contributed by atoms with Crippen molar-refractivity contribution in [2.24, 2.45) is 13.0 Å². The predicted molar refractivity (Wildman–Crippen MR) is 78.9 cm³/mol. The second kappa shape index (κ2) is 9.93. The highest BCUT2D eigenvalue weighted by atomic mass is 15.5. The van der Waals surface area contributed by atoms with Crippen molar-refractivity contribution in [1.82, 2.24) is 20.2 Å². The molecule has 0 aliphatic carbocycles. The van der Waals surface area contributed by atoms with Crippen molar-refractivity contribution in [3.63, 3.8) is 0 Å². The molecule has 1 unspecified atom stereocenters. The summed E-state index contributed by atoms with van der Waals surface area (Å²) in [6.45, 7) is 4.61. The van der Waals surface area contributed by atoms with Crippen LogP contribution in [0.4, 0.5) is 0 Å². The maximum absolute atomic E-state index is 4.02. The summed E-state index contributed by atoms with van der Waals surface area (Å²) in [5.74, 6) is 1.94. The third-order valence-corrected chi connectivity index (χ3v) is 4.01. The maximum atomic E-state index is 4.02. The Kier molecular flexibility index (Phi) is 8.43. The molecule has 0 aliphatic heterocycles. The summed E-state index contributed by atoms with van der Waals surface area (Å²) in [4.78, 5) is 0. The van der Waals surface area contributed by atoms with E-state index in [4.69, 9.17) is 0 Å². The van der Waals surface area contributed by atoms with E-state index in [1.165, 1.54) is 57.8 Å². The van der Waals surface area contributed by atoms with Crippen LogP contribution in [-0.4, -0.2) is 20.2 Å². The Bertz CT molecular complexity index is 322. The van der Waals surface area contributed by atoms with E-state index in [0.29, 0.717) is 0 Å². The highest BCUT2D eigenvalue weighted by Gasteiger charge is 2.07. The van der Waals surface area contributed by atoms with Crippen molar-refractivity contribution in [3.05, 3.63) is 5.82 Å². The van der Waals surface area contributed by atoms with Gasteiger partial charge in [-0.05, 0) is 22.8 Å². The molecule has 1 rings (SSSR count). The van der Waals surface area contributed by atoms with Crippen molar-refractivity contribution in [2.45, 2.75) is 78.1 Å². The molecule has 0 radical (unpaired) electrons. The molecule has 110 valence electrons. The maximum Gasteiger partial charge on any atom is 0.150 e. The number of aryl methyl sites for hydroxylation is 2. The third-order valence-electron chi connectivity index (χ3n) is 4.01. The number of aromatic nitrogens is 4. The van der Waals surface area contributed by atoms with Crippen molar-refractivity contribution in [3.8, 4) is 0 Å². The first-order valence-electron chi connectivity index (χ1n) is 7.99. The lowest BCUT2D eigenvalue weighted by molar-refractivity contribution is 0.397. The van der Waals surface area contributed by atoms with E-state index < -0.39 is 0 Å². The highest BCUT2D eigenvalue weighted by molar-refractivity contribution is 4.79. The molecule has 0 aliphatic rings. The van der Waals surface area contributed by atoms with Gasteiger partial charge in [0.05, 0.1) is 0 Å². The van der Waals surface area contributed by atoms with Gasteiger partial charge in [0.2, 0.25) is 0 Å². The monoisotopic (exact) mass is 266 g/mol. The van der Waals surface area contributed by atoms with Crippen LogP contribution in [0.25, 0.3) is 0 Å².